The van der Waals surface area contributed by atoms with Crippen molar-refractivity contribution in [3.05, 3.63) is 48.3 Å². The van der Waals surface area contributed by atoms with Crippen LogP contribution in [0.4, 0.5) is 11.6 Å². The standard InChI is InChI=1S/C18H17N5O4S/c1-2-27-16(26)11-6-3-4-7-12(11)21-14(24)10-13-15(25)22-18(28-13)23-17-19-8-5-9-20-17/h3-9,13H,2,10H2,1H3,(H,21,24)(H,19,20,22,23,25). The van der Waals surface area contributed by atoms with Crippen LogP contribution in [0.3, 0.4) is 0 Å². The highest BCUT2D eigenvalue weighted by Crippen LogP contribution is 2.25. The van der Waals surface area contributed by atoms with E-state index in [4.69, 9.17) is 4.74 Å². The second-order valence-electron chi connectivity index (χ2n) is 5.58. The molecule has 2 heterocycles. The van der Waals surface area contributed by atoms with Gasteiger partial charge in [0.05, 0.1) is 17.9 Å². The van der Waals surface area contributed by atoms with Gasteiger partial charge in [-0.15, -0.1) is 0 Å². The van der Waals surface area contributed by atoms with Crippen LogP contribution in [-0.2, 0) is 14.3 Å². The van der Waals surface area contributed by atoms with Crippen LogP contribution in [0.1, 0.15) is 23.7 Å². The van der Waals surface area contributed by atoms with E-state index in [1.165, 1.54) is 0 Å². The molecule has 1 aromatic carbocycles. The van der Waals surface area contributed by atoms with Gasteiger partial charge in [0.1, 0.15) is 5.25 Å². The maximum atomic E-state index is 12.4. The molecule has 28 heavy (non-hydrogen) atoms. The highest BCUT2D eigenvalue weighted by atomic mass is 32.2. The Morgan fingerprint density at radius 1 is 1.25 bits per heavy atom. The SMILES string of the molecule is CCOC(=O)c1ccccc1NC(=O)CC1S/C(=N\c2ncccn2)NC1=O. The lowest BCUT2D eigenvalue weighted by Crippen LogP contribution is -2.28. The van der Waals surface area contributed by atoms with E-state index in [1.54, 1.807) is 49.6 Å². The van der Waals surface area contributed by atoms with Crippen LogP contribution in [0.5, 0.6) is 0 Å². The molecule has 2 aromatic rings. The molecule has 10 heteroatoms. The fourth-order valence-electron chi connectivity index (χ4n) is 2.38. The number of ether oxygens (including phenoxy) is 1. The number of hydrogen-bond donors (Lipinski definition) is 2. The minimum atomic E-state index is -0.641. The van der Waals surface area contributed by atoms with Gasteiger partial charge in [-0.05, 0) is 25.1 Å². The minimum Gasteiger partial charge on any atom is -0.462 e. The average molecular weight is 399 g/mol. The number of rotatable bonds is 6. The Bertz CT molecular complexity index is 919. The Morgan fingerprint density at radius 3 is 2.75 bits per heavy atom. The zero-order valence-electron chi connectivity index (χ0n) is 14.9. The molecule has 1 aliphatic rings. The predicted molar refractivity (Wildman–Crippen MR) is 104 cm³/mol. The molecule has 0 aliphatic carbocycles. The van der Waals surface area contributed by atoms with Gasteiger partial charge in [-0.25, -0.2) is 14.8 Å². The number of amides is 2. The van der Waals surface area contributed by atoms with Crippen molar-refractivity contribution >= 4 is 46.3 Å². The molecule has 2 amide bonds. The molecule has 1 fully saturated rings. The number of anilines is 1. The molecular weight excluding hydrogens is 382 g/mol. The summed E-state index contributed by atoms with van der Waals surface area (Å²) in [5.74, 6) is -1.03. The number of amidine groups is 1. The van der Waals surface area contributed by atoms with Crippen molar-refractivity contribution < 1.29 is 19.1 Å². The van der Waals surface area contributed by atoms with Gasteiger partial charge in [0.25, 0.3) is 5.95 Å². The van der Waals surface area contributed by atoms with E-state index in [2.05, 4.69) is 25.6 Å². The third-order valence-electron chi connectivity index (χ3n) is 3.60. The van der Waals surface area contributed by atoms with Crippen molar-refractivity contribution in [1.82, 2.24) is 15.3 Å². The molecule has 1 saturated heterocycles. The summed E-state index contributed by atoms with van der Waals surface area (Å²) in [6, 6.07) is 8.20. The zero-order valence-corrected chi connectivity index (χ0v) is 15.7. The quantitative estimate of drug-likeness (QED) is 0.711. The number of para-hydroxylation sites is 1. The maximum absolute atomic E-state index is 12.4. The number of nitrogens with zero attached hydrogens (tertiary/aromatic N) is 3. The number of carbonyl (C=O) groups excluding carboxylic acids is 3. The Labute approximate surface area is 165 Å². The molecule has 0 radical (unpaired) electrons. The predicted octanol–water partition coefficient (Wildman–Crippen LogP) is 1.90. The number of benzene rings is 1. The van der Waals surface area contributed by atoms with Crippen molar-refractivity contribution in [3.8, 4) is 0 Å². The van der Waals surface area contributed by atoms with Crippen molar-refractivity contribution in [3.63, 3.8) is 0 Å². The van der Waals surface area contributed by atoms with Crippen LogP contribution in [0.25, 0.3) is 0 Å². The number of aromatic nitrogens is 2. The first-order valence-electron chi connectivity index (χ1n) is 8.46. The number of hydrogen-bond acceptors (Lipinski definition) is 8. The van der Waals surface area contributed by atoms with Gasteiger partial charge in [0.2, 0.25) is 11.8 Å². The summed E-state index contributed by atoms with van der Waals surface area (Å²) in [4.78, 5) is 48.6. The molecule has 9 nitrogen and oxygen atoms in total. The topological polar surface area (TPSA) is 123 Å². The average Bonchev–Trinajstić information content (AvgIpc) is 3.01. The Balaban J connectivity index is 1.64. The second-order valence-corrected chi connectivity index (χ2v) is 6.77. The van der Waals surface area contributed by atoms with E-state index in [-0.39, 0.29) is 30.4 Å². The maximum Gasteiger partial charge on any atom is 0.340 e. The van der Waals surface area contributed by atoms with Crippen LogP contribution in [-0.4, -0.2) is 44.8 Å². The zero-order chi connectivity index (χ0) is 19.9. The third kappa shape index (κ3) is 4.92. The summed E-state index contributed by atoms with van der Waals surface area (Å²) < 4.78 is 4.99. The van der Waals surface area contributed by atoms with E-state index in [9.17, 15) is 14.4 Å². The first-order valence-corrected chi connectivity index (χ1v) is 9.34. The molecule has 1 atom stereocenters. The fourth-order valence-corrected chi connectivity index (χ4v) is 3.34. The Hall–Kier alpha value is -3.27. The molecule has 1 unspecified atom stereocenters. The van der Waals surface area contributed by atoms with Gasteiger partial charge in [-0.2, -0.15) is 4.99 Å². The van der Waals surface area contributed by atoms with E-state index < -0.39 is 17.1 Å². The number of thioether (sulfide) groups is 1. The summed E-state index contributed by atoms with van der Waals surface area (Å²) in [7, 11) is 0. The number of aliphatic imine (C=N–C) groups is 1. The molecule has 0 spiro atoms. The molecule has 1 aliphatic heterocycles. The third-order valence-corrected chi connectivity index (χ3v) is 4.68. The molecule has 0 saturated carbocycles. The number of carbonyl (C=O) groups is 3. The first kappa shape index (κ1) is 19.5. The van der Waals surface area contributed by atoms with Crippen LogP contribution in [0, 0.1) is 0 Å². The highest BCUT2D eigenvalue weighted by Gasteiger charge is 2.32. The number of nitrogens with one attached hydrogen (secondary N) is 2. The minimum absolute atomic E-state index is 0.0810. The summed E-state index contributed by atoms with van der Waals surface area (Å²) in [5, 5.41) is 4.96. The lowest BCUT2D eigenvalue weighted by atomic mass is 10.1. The second kappa shape index (κ2) is 9.09. The Kier molecular flexibility index (Phi) is 6.33. The summed E-state index contributed by atoms with van der Waals surface area (Å²) in [6.07, 6.45) is 3.00. The van der Waals surface area contributed by atoms with Crippen molar-refractivity contribution in [2.24, 2.45) is 4.99 Å². The van der Waals surface area contributed by atoms with Crippen molar-refractivity contribution in [2.45, 2.75) is 18.6 Å². The fraction of sp³-hybridized carbons (Fsp3) is 0.222. The van der Waals surface area contributed by atoms with Gasteiger partial charge in [0, 0.05) is 18.8 Å². The van der Waals surface area contributed by atoms with Gasteiger partial charge < -0.3 is 15.4 Å². The first-order chi connectivity index (χ1) is 13.6. The molecule has 2 N–H and O–H groups in total. The van der Waals surface area contributed by atoms with Crippen molar-refractivity contribution in [2.75, 3.05) is 11.9 Å². The monoisotopic (exact) mass is 399 g/mol. The Morgan fingerprint density at radius 2 is 2.00 bits per heavy atom. The van der Waals surface area contributed by atoms with Gasteiger partial charge in [0.15, 0.2) is 5.17 Å². The molecule has 0 bridgehead atoms. The van der Waals surface area contributed by atoms with E-state index >= 15 is 0 Å². The number of esters is 1. The van der Waals surface area contributed by atoms with Gasteiger partial charge in [-0.3, -0.25) is 9.59 Å². The van der Waals surface area contributed by atoms with Gasteiger partial charge >= 0.3 is 5.97 Å². The lowest BCUT2D eigenvalue weighted by molar-refractivity contribution is -0.122. The van der Waals surface area contributed by atoms with Crippen molar-refractivity contribution in [1.29, 1.82) is 0 Å². The van der Waals surface area contributed by atoms with Crippen LogP contribution in [0.2, 0.25) is 0 Å². The van der Waals surface area contributed by atoms with E-state index in [0.717, 1.165) is 11.8 Å². The summed E-state index contributed by atoms with van der Waals surface area (Å²) in [5.41, 5.74) is 0.589. The smallest absolute Gasteiger partial charge is 0.340 e. The van der Waals surface area contributed by atoms with Crippen LogP contribution >= 0.6 is 11.8 Å². The molecular formula is C18H17N5O4S. The summed E-state index contributed by atoms with van der Waals surface area (Å²) in [6.45, 7) is 1.93. The largest absolute Gasteiger partial charge is 0.462 e. The molecule has 144 valence electrons. The molecule has 3 rings (SSSR count). The summed E-state index contributed by atoms with van der Waals surface area (Å²) >= 11 is 1.13. The molecule has 1 aromatic heterocycles. The lowest BCUT2D eigenvalue weighted by Gasteiger charge is -2.11. The van der Waals surface area contributed by atoms with Crippen LogP contribution < -0.4 is 10.6 Å². The van der Waals surface area contributed by atoms with Crippen LogP contribution in [0.15, 0.2) is 47.7 Å². The highest BCUT2D eigenvalue weighted by molar-refractivity contribution is 8.15. The van der Waals surface area contributed by atoms with Gasteiger partial charge in [-0.1, -0.05) is 23.9 Å². The van der Waals surface area contributed by atoms with E-state index in [0.29, 0.717) is 10.9 Å². The van der Waals surface area contributed by atoms with E-state index in [1.807, 2.05) is 0 Å². The normalized spacial score (nSPS) is 17.2.